The van der Waals surface area contributed by atoms with Crippen LogP contribution in [0, 0.1) is 0 Å². The first kappa shape index (κ1) is 22.3. The lowest BCUT2D eigenvalue weighted by atomic mass is 10.0. The van der Waals surface area contributed by atoms with E-state index in [4.69, 9.17) is 4.74 Å². The van der Waals surface area contributed by atoms with E-state index in [9.17, 15) is 14.7 Å². The first-order valence-corrected chi connectivity index (χ1v) is 11.0. The first-order chi connectivity index (χ1) is 16.1. The zero-order valence-corrected chi connectivity index (χ0v) is 18.2. The Kier molecular flexibility index (Phi) is 7.19. The maximum atomic E-state index is 12.1. The molecule has 1 amide bonds. The fourth-order valence-electron chi connectivity index (χ4n) is 3.75. The zero-order valence-electron chi connectivity index (χ0n) is 18.2. The molecule has 1 aliphatic rings. The third kappa shape index (κ3) is 6.31. The number of fused-ring (bicyclic) bond motifs is 1. The highest BCUT2D eigenvalue weighted by atomic mass is 16.5. The molecule has 0 bridgehead atoms. The molecule has 172 valence electrons. The molecule has 0 fully saturated rings. The van der Waals surface area contributed by atoms with Crippen molar-refractivity contribution in [2.24, 2.45) is 0 Å². The normalized spacial score (nSPS) is 13.5. The standard InChI is InChI=1S/C24H27N5O4/c30-23(31)21(28-24(32)33-16-17-5-2-1-3-6-17)12-19-14-27-29(15-19)10-8-18-11-20-7-4-9-25-22(20)26-13-18/h1-3,5-6,11,13-15,21H,4,7-10,12,16H2,(H,25,26)(H,28,32)(H,30,31). The maximum absolute atomic E-state index is 12.1. The van der Waals surface area contributed by atoms with Crippen molar-refractivity contribution >= 4 is 17.9 Å². The van der Waals surface area contributed by atoms with E-state index in [0.717, 1.165) is 48.3 Å². The predicted molar refractivity (Wildman–Crippen MR) is 122 cm³/mol. The number of carbonyl (C=O) groups is 2. The highest BCUT2D eigenvalue weighted by molar-refractivity contribution is 5.80. The molecule has 0 aliphatic carbocycles. The molecule has 33 heavy (non-hydrogen) atoms. The molecule has 1 aromatic carbocycles. The van der Waals surface area contributed by atoms with Crippen molar-refractivity contribution in [2.45, 2.75) is 44.9 Å². The summed E-state index contributed by atoms with van der Waals surface area (Å²) >= 11 is 0. The number of nitrogens with one attached hydrogen (secondary N) is 2. The van der Waals surface area contributed by atoms with Crippen LogP contribution in [-0.2, 0) is 41.9 Å². The van der Waals surface area contributed by atoms with Crippen LogP contribution >= 0.6 is 0 Å². The smallest absolute Gasteiger partial charge is 0.408 e. The van der Waals surface area contributed by atoms with Crippen molar-refractivity contribution in [1.82, 2.24) is 20.1 Å². The number of ether oxygens (including phenoxy) is 1. The predicted octanol–water partition coefficient (Wildman–Crippen LogP) is 2.80. The molecule has 3 aromatic rings. The number of carboxylic acid groups (broad SMARTS) is 1. The van der Waals surface area contributed by atoms with Crippen molar-refractivity contribution in [3.8, 4) is 0 Å². The average molecular weight is 450 g/mol. The Morgan fingerprint density at radius 3 is 2.85 bits per heavy atom. The molecule has 9 heteroatoms. The van der Waals surface area contributed by atoms with Gasteiger partial charge in [-0.15, -0.1) is 0 Å². The van der Waals surface area contributed by atoms with Crippen LogP contribution in [0.25, 0.3) is 0 Å². The van der Waals surface area contributed by atoms with Crippen molar-refractivity contribution in [3.05, 3.63) is 77.2 Å². The zero-order chi connectivity index (χ0) is 23.0. The number of nitrogens with zero attached hydrogens (tertiary/aromatic N) is 3. The quantitative estimate of drug-likeness (QED) is 0.460. The van der Waals surface area contributed by atoms with E-state index in [1.54, 1.807) is 17.1 Å². The van der Waals surface area contributed by atoms with Gasteiger partial charge in [-0.2, -0.15) is 5.10 Å². The van der Waals surface area contributed by atoms with Gasteiger partial charge >= 0.3 is 12.1 Å². The summed E-state index contributed by atoms with van der Waals surface area (Å²) in [6.45, 7) is 1.69. The van der Waals surface area contributed by atoms with Gasteiger partial charge in [0, 0.05) is 31.9 Å². The number of carbonyl (C=O) groups excluding carboxylic acids is 1. The van der Waals surface area contributed by atoms with Crippen LogP contribution in [0.1, 0.15) is 28.7 Å². The minimum Gasteiger partial charge on any atom is -0.480 e. The Hall–Kier alpha value is -3.88. The van der Waals surface area contributed by atoms with Crippen LogP contribution in [-0.4, -0.2) is 44.5 Å². The molecule has 3 heterocycles. The molecule has 1 unspecified atom stereocenters. The average Bonchev–Trinajstić information content (AvgIpc) is 3.29. The molecule has 0 saturated heterocycles. The van der Waals surface area contributed by atoms with Gasteiger partial charge in [0.05, 0.1) is 6.20 Å². The molecule has 0 spiro atoms. The summed E-state index contributed by atoms with van der Waals surface area (Å²) in [4.78, 5) is 28.2. The fraction of sp³-hybridized carbons (Fsp3) is 0.333. The Morgan fingerprint density at radius 2 is 2.03 bits per heavy atom. The highest BCUT2D eigenvalue weighted by Gasteiger charge is 2.22. The lowest BCUT2D eigenvalue weighted by molar-refractivity contribution is -0.139. The fourth-order valence-corrected chi connectivity index (χ4v) is 3.75. The first-order valence-electron chi connectivity index (χ1n) is 11.0. The van der Waals surface area contributed by atoms with E-state index in [1.165, 1.54) is 5.56 Å². The monoisotopic (exact) mass is 449 g/mol. The minimum absolute atomic E-state index is 0.0740. The molecular formula is C24H27N5O4. The number of amides is 1. The van der Waals surface area contributed by atoms with Gasteiger partial charge in [0.2, 0.25) is 0 Å². The summed E-state index contributed by atoms with van der Waals surface area (Å²) in [5.41, 5.74) is 3.93. The number of alkyl carbamates (subject to hydrolysis) is 1. The number of aromatic nitrogens is 3. The third-order valence-electron chi connectivity index (χ3n) is 5.50. The second-order valence-corrected chi connectivity index (χ2v) is 8.04. The topological polar surface area (TPSA) is 118 Å². The third-order valence-corrected chi connectivity index (χ3v) is 5.50. The number of aryl methyl sites for hydroxylation is 3. The van der Waals surface area contributed by atoms with E-state index in [-0.39, 0.29) is 13.0 Å². The van der Waals surface area contributed by atoms with Gasteiger partial charge < -0.3 is 20.5 Å². The molecule has 0 saturated carbocycles. The van der Waals surface area contributed by atoms with Gasteiger partial charge in [0.15, 0.2) is 0 Å². The summed E-state index contributed by atoms with van der Waals surface area (Å²) in [7, 11) is 0. The van der Waals surface area contributed by atoms with E-state index in [0.29, 0.717) is 6.54 Å². The van der Waals surface area contributed by atoms with Gasteiger partial charge in [-0.1, -0.05) is 36.4 Å². The summed E-state index contributed by atoms with van der Waals surface area (Å²) in [5.74, 6) is -0.158. The second kappa shape index (κ2) is 10.6. The molecule has 1 atom stereocenters. The van der Waals surface area contributed by atoms with Gasteiger partial charge in [-0.05, 0) is 41.5 Å². The Bertz CT molecular complexity index is 1100. The molecule has 0 radical (unpaired) electrons. The summed E-state index contributed by atoms with van der Waals surface area (Å²) in [6.07, 6.45) is 7.57. The number of aliphatic carboxylic acids is 1. The number of benzene rings is 1. The summed E-state index contributed by atoms with van der Waals surface area (Å²) in [5, 5.41) is 19.6. The number of anilines is 1. The Morgan fingerprint density at radius 1 is 1.18 bits per heavy atom. The van der Waals surface area contributed by atoms with Crippen LogP contribution in [0.2, 0.25) is 0 Å². The van der Waals surface area contributed by atoms with Crippen LogP contribution in [0.3, 0.4) is 0 Å². The van der Waals surface area contributed by atoms with Gasteiger partial charge in [-0.3, -0.25) is 4.68 Å². The van der Waals surface area contributed by atoms with Crippen molar-refractivity contribution < 1.29 is 19.4 Å². The summed E-state index contributed by atoms with van der Waals surface area (Å²) < 4.78 is 6.91. The second-order valence-electron chi connectivity index (χ2n) is 8.04. The number of hydrogen-bond acceptors (Lipinski definition) is 6. The van der Waals surface area contributed by atoms with Crippen molar-refractivity contribution in [3.63, 3.8) is 0 Å². The van der Waals surface area contributed by atoms with Crippen LogP contribution in [0.4, 0.5) is 10.6 Å². The van der Waals surface area contributed by atoms with Gasteiger partial charge in [-0.25, -0.2) is 14.6 Å². The van der Waals surface area contributed by atoms with Crippen molar-refractivity contribution in [2.75, 3.05) is 11.9 Å². The Labute approximate surface area is 191 Å². The molecule has 9 nitrogen and oxygen atoms in total. The Balaban J connectivity index is 1.28. The number of hydrogen-bond donors (Lipinski definition) is 3. The maximum Gasteiger partial charge on any atom is 0.408 e. The number of pyridine rings is 1. The SMILES string of the molecule is O=C(NC(Cc1cnn(CCc2cnc3c(c2)CCCN3)c1)C(=O)O)OCc1ccccc1. The molecular weight excluding hydrogens is 422 g/mol. The van der Waals surface area contributed by atoms with E-state index >= 15 is 0 Å². The number of carboxylic acids is 1. The van der Waals surface area contributed by atoms with E-state index < -0.39 is 18.1 Å². The van der Waals surface area contributed by atoms with Crippen LogP contribution in [0.5, 0.6) is 0 Å². The largest absolute Gasteiger partial charge is 0.480 e. The van der Waals surface area contributed by atoms with Gasteiger partial charge in [0.25, 0.3) is 0 Å². The van der Waals surface area contributed by atoms with E-state index in [2.05, 4.69) is 26.8 Å². The van der Waals surface area contributed by atoms with Crippen LogP contribution < -0.4 is 10.6 Å². The van der Waals surface area contributed by atoms with Crippen LogP contribution in [0.15, 0.2) is 55.0 Å². The van der Waals surface area contributed by atoms with Gasteiger partial charge in [0.1, 0.15) is 18.5 Å². The lowest BCUT2D eigenvalue weighted by Crippen LogP contribution is -2.42. The summed E-state index contributed by atoms with van der Waals surface area (Å²) in [6, 6.07) is 10.3. The minimum atomic E-state index is -1.13. The molecule has 2 aromatic heterocycles. The lowest BCUT2D eigenvalue weighted by Gasteiger charge is -2.17. The molecule has 4 rings (SSSR count). The number of rotatable bonds is 9. The molecule has 3 N–H and O–H groups in total. The van der Waals surface area contributed by atoms with Crippen molar-refractivity contribution in [1.29, 1.82) is 0 Å². The highest BCUT2D eigenvalue weighted by Crippen LogP contribution is 2.20. The van der Waals surface area contributed by atoms with E-state index in [1.807, 2.05) is 36.5 Å². The molecule has 1 aliphatic heterocycles.